The third-order valence-corrected chi connectivity index (χ3v) is 4.49. The third kappa shape index (κ3) is 6.87. The molecule has 0 unspecified atom stereocenters. The van der Waals surface area contributed by atoms with Crippen LogP contribution in [-0.4, -0.2) is 39.3 Å². The second-order valence-corrected chi connectivity index (χ2v) is 7.79. The van der Waals surface area contributed by atoms with Crippen molar-refractivity contribution in [1.82, 2.24) is 14.9 Å². The van der Waals surface area contributed by atoms with Gasteiger partial charge in [-0.3, -0.25) is 4.79 Å². The number of hydrogen-bond acceptors (Lipinski definition) is 7. The maximum Gasteiger partial charge on any atom is 1.00 e. The average Bonchev–Trinajstić information content (AvgIpc) is 2.58. The molecule has 0 aliphatic rings. The van der Waals surface area contributed by atoms with Crippen LogP contribution in [0.3, 0.4) is 0 Å². The van der Waals surface area contributed by atoms with Crippen molar-refractivity contribution < 1.29 is 67.4 Å². The van der Waals surface area contributed by atoms with Gasteiger partial charge >= 0.3 is 57.4 Å². The Labute approximate surface area is 221 Å². The minimum atomic E-state index is -1.16. The molecule has 12 heteroatoms. The fraction of sp³-hybridized carbons (Fsp3) is 0.375. The molecule has 0 fully saturated rings. The Hall–Kier alpha value is -0.334. The van der Waals surface area contributed by atoms with Gasteiger partial charge in [0.15, 0.2) is 5.75 Å². The molecular weight excluding hydrogens is 454 g/mol. The van der Waals surface area contributed by atoms with Crippen molar-refractivity contribution in [3.63, 3.8) is 0 Å². The Kier molecular flexibility index (Phi) is 11.6. The molecule has 0 radical (unpaired) electrons. The number of benzene rings is 1. The molecule has 28 heavy (non-hydrogen) atoms. The summed E-state index contributed by atoms with van der Waals surface area (Å²) in [7, 11) is 1.34. The number of carbonyl (C=O) groups is 1. The number of nitrogens with zero attached hydrogens (tertiary/aromatic N) is 3. The number of nitrogen functional groups attached to an aromatic ring is 1. The minimum absolute atomic E-state index is 0. The summed E-state index contributed by atoms with van der Waals surface area (Å²) in [5.74, 6) is 4.49. The van der Waals surface area contributed by atoms with Crippen molar-refractivity contribution in [3.05, 3.63) is 43.8 Å². The molecule has 0 saturated heterocycles. The maximum atomic E-state index is 11.7. The van der Waals surface area contributed by atoms with E-state index in [-0.39, 0.29) is 85.1 Å². The molecule has 0 saturated carbocycles. The van der Waals surface area contributed by atoms with E-state index >= 15 is 0 Å². The number of ether oxygens (including phenoxy) is 1. The molecule has 1 heterocycles. The number of hydrogen-bond donors (Lipinski definition) is 2. The van der Waals surface area contributed by atoms with Gasteiger partial charge in [-0.15, -0.1) is 10.2 Å². The van der Waals surface area contributed by atoms with Crippen LogP contribution in [0.2, 0.25) is 10.0 Å². The van der Waals surface area contributed by atoms with Gasteiger partial charge in [0.25, 0.3) is 5.56 Å². The summed E-state index contributed by atoms with van der Waals surface area (Å²) in [6.45, 7) is 5.70. The predicted molar refractivity (Wildman–Crippen MR) is 108 cm³/mol. The first-order valence-corrected chi connectivity index (χ1v) is 9.48. The molecule has 0 bridgehead atoms. The van der Waals surface area contributed by atoms with Crippen LogP contribution in [0.4, 0.5) is 0 Å². The van der Waals surface area contributed by atoms with Crippen molar-refractivity contribution >= 4 is 40.9 Å². The first kappa shape index (κ1) is 27.7. The molecule has 150 valence electrons. The molecule has 0 aliphatic carbocycles. The van der Waals surface area contributed by atoms with E-state index in [2.05, 4.69) is 10.2 Å². The van der Waals surface area contributed by atoms with Crippen LogP contribution in [0.1, 0.15) is 38.2 Å². The van der Waals surface area contributed by atoms with Gasteiger partial charge in [0, 0.05) is 5.41 Å². The van der Waals surface area contributed by atoms with Crippen molar-refractivity contribution in [2.45, 2.75) is 31.3 Å². The molecule has 1 aromatic carbocycles. The fourth-order valence-corrected chi connectivity index (χ4v) is 2.79. The van der Waals surface area contributed by atoms with E-state index in [4.69, 9.17) is 38.9 Å². The van der Waals surface area contributed by atoms with Crippen molar-refractivity contribution in [3.8, 4) is 5.75 Å². The van der Waals surface area contributed by atoms with Gasteiger partial charge in [-0.25, -0.2) is 4.79 Å². The van der Waals surface area contributed by atoms with Gasteiger partial charge < -0.3 is 17.1 Å². The Bertz CT molecular complexity index is 910. The number of rotatable bonds is 3. The van der Waals surface area contributed by atoms with Crippen LogP contribution in [0.5, 0.6) is 5.75 Å². The van der Waals surface area contributed by atoms with Crippen LogP contribution in [0.15, 0.2) is 22.1 Å². The van der Waals surface area contributed by atoms with Gasteiger partial charge in [0.2, 0.25) is 5.16 Å². The monoisotopic (exact) mass is 474 g/mol. The molecule has 0 spiro atoms. The Morgan fingerprint density at radius 2 is 1.82 bits per heavy atom. The van der Waals surface area contributed by atoms with Gasteiger partial charge in [-0.1, -0.05) is 55.7 Å². The summed E-state index contributed by atoms with van der Waals surface area (Å²) in [6, 6.07) is 2.89. The van der Waals surface area contributed by atoms with E-state index in [1.807, 2.05) is 20.8 Å². The number of halogens is 2. The summed E-state index contributed by atoms with van der Waals surface area (Å²) < 4.78 is 5.86. The molecular formula is C16H21Cl2KN4O4S. The van der Waals surface area contributed by atoms with E-state index < -0.39 is 5.97 Å². The van der Waals surface area contributed by atoms with Crippen LogP contribution >= 0.6 is 35.0 Å². The first-order chi connectivity index (χ1) is 12.4. The van der Waals surface area contributed by atoms with Crippen LogP contribution < -0.4 is 67.5 Å². The van der Waals surface area contributed by atoms with Crippen LogP contribution in [0, 0.1) is 0 Å². The maximum absolute atomic E-state index is 11.7. The topological polar surface area (TPSA) is 120 Å². The Balaban J connectivity index is 0. The zero-order chi connectivity index (χ0) is 20.9. The number of carboxylic acids is 1. The van der Waals surface area contributed by atoms with Crippen LogP contribution in [-0.2, 0) is 5.41 Å². The summed E-state index contributed by atoms with van der Waals surface area (Å²) in [5.41, 5.74) is -0.339. The molecule has 0 amide bonds. The van der Waals surface area contributed by atoms with E-state index in [0.29, 0.717) is 10.9 Å². The summed E-state index contributed by atoms with van der Waals surface area (Å²) in [6.07, 6.45) is 1.80. The Morgan fingerprint density at radius 3 is 2.21 bits per heavy atom. The standard InChI is InChI=1S/C8H6Cl2O3.C8H14N4OS.K.H/c1-13-7-5(10)3-2-4(9)6(7)8(11)12;1-8(2,3)5-6(13)12(9)7(14-4)11-10-5;;/h2-3H,1H3,(H,11,12);9H2,1-4H3;;/q;;+1;-1. The number of carboxylic acid groups (broad SMARTS) is 1. The molecule has 2 rings (SSSR count). The zero-order valence-electron chi connectivity index (χ0n) is 17.4. The molecule has 2 aromatic rings. The third-order valence-electron chi connectivity index (χ3n) is 3.23. The average molecular weight is 475 g/mol. The summed E-state index contributed by atoms with van der Waals surface area (Å²) in [4.78, 5) is 22.4. The fourth-order valence-electron chi connectivity index (χ4n) is 1.93. The molecule has 3 N–H and O–H groups in total. The summed E-state index contributed by atoms with van der Waals surface area (Å²) in [5, 5.41) is 17.3. The normalized spacial score (nSPS) is 10.4. The molecule has 1 aromatic heterocycles. The largest absolute Gasteiger partial charge is 1.00 e. The predicted octanol–water partition coefficient (Wildman–Crippen LogP) is 0.188. The number of methoxy groups -OCH3 is 1. The molecule has 0 atom stereocenters. The Morgan fingerprint density at radius 1 is 1.29 bits per heavy atom. The minimum Gasteiger partial charge on any atom is -1.00 e. The number of nitrogens with two attached hydrogens (primary N) is 1. The number of thioether (sulfide) groups is 1. The van der Waals surface area contributed by atoms with Gasteiger partial charge in [-0.05, 0) is 18.4 Å². The number of aromatic carboxylic acids is 1. The summed E-state index contributed by atoms with van der Waals surface area (Å²) >= 11 is 12.6. The van der Waals surface area contributed by atoms with E-state index in [9.17, 15) is 9.59 Å². The van der Waals surface area contributed by atoms with Crippen molar-refractivity contribution in [2.75, 3.05) is 19.2 Å². The quantitative estimate of drug-likeness (QED) is 0.367. The van der Waals surface area contributed by atoms with Crippen LogP contribution in [0.25, 0.3) is 0 Å². The van der Waals surface area contributed by atoms with Gasteiger partial charge in [0.1, 0.15) is 11.3 Å². The van der Waals surface area contributed by atoms with Gasteiger partial charge in [-0.2, -0.15) is 4.68 Å². The SMILES string of the molecule is COc1c(Cl)ccc(Cl)c1C(=O)O.CSc1nnc(C(C)(C)C)c(=O)n1N.[H-].[K+]. The van der Waals surface area contributed by atoms with Crippen molar-refractivity contribution in [1.29, 1.82) is 0 Å². The molecule has 8 nitrogen and oxygen atoms in total. The number of aromatic nitrogens is 3. The second kappa shape index (κ2) is 11.7. The van der Waals surface area contributed by atoms with E-state index in [1.54, 1.807) is 6.26 Å². The van der Waals surface area contributed by atoms with Gasteiger partial charge in [0.05, 0.1) is 17.2 Å². The van der Waals surface area contributed by atoms with E-state index in [0.717, 1.165) is 4.68 Å². The second-order valence-electron chi connectivity index (χ2n) is 6.20. The molecule has 0 aliphatic heterocycles. The smallest absolute Gasteiger partial charge is 1.00 e. The van der Waals surface area contributed by atoms with E-state index in [1.165, 1.54) is 31.0 Å². The zero-order valence-corrected chi connectivity index (χ0v) is 21.9. The van der Waals surface area contributed by atoms with Crippen molar-refractivity contribution in [2.24, 2.45) is 0 Å². The first-order valence-electron chi connectivity index (χ1n) is 7.50.